The van der Waals surface area contributed by atoms with Crippen LogP contribution in [0, 0.1) is 5.82 Å². The van der Waals surface area contributed by atoms with Gasteiger partial charge in [-0.1, -0.05) is 61.5 Å². The fraction of sp³-hybridized carbons (Fsp3) is 0.160. The van der Waals surface area contributed by atoms with Gasteiger partial charge in [-0.3, -0.25) is 0 Å². The van der Waals surface area contributed by atoms with Crippen molar-refractivity contribution in [3.63, 3.8) is 0 Å². The summed E-state index contributed by atoms with van der Waals surface area (Å²) < 4.78 is 18.5. The van der Waals surface area contributed by atoms with Gasteiger partial charge in [0.05, 0.1) is 12.2 Å². The number of carbonyl (C=O) groups excluding carboxylic acids is 1. The molecule has 0 saturated heterocycles. The smallest absolute Gasteiger partial charge is 0.338 e. The number of carbonyl (C=O) groups is 1. The molecule has 2 nitrogen and oxygen atoms in total. The van der Waals surface area contributed by atoms with Crippen molar-refractivity contribution in [1.82, 2.24) is 0 Å². The minimum absolute atomic E-state index is 0.256. The van der Waals surface area contributed by atoms with Crippen LogP contribution in [0.3, 0.4) is 0 Å². The van der Waals surface area contributed by atoms with Crippen molar-refractivity contribution in [3.8, 4) is 0 Å². The molecule has 28 heavy (non-hydrogen) atoms. The molecule has 3 rings (SSSR count). The molecule has 0 fully saturated rings. The van der Waals surface area contributed by atoms with Crippen LogP contribution in [-0.4, -0.2) is 12.6 Å². The molecular formula is C25H23FO2. The number of benzene rings is 3. The van der Waals surface area contributed by atoms with Gasteiger partial charge in [0.15, 0.2) is 0 Å². The summed E-state index contributed by atoms with van der Waals surface area (Å²) in [6.45, 7) is 4.24. The zero-order valence-corrected chi connectivity index (χ0v) is 16.1. The summed E-state index contributed by atoms with van der Waals surface area (Å²) in [5.74, 6) is -0.578. The van der Waals surface area contributed by atoms with Crippen molar-refractivity contribution in [2.24, 2.45) is 0 Å². The number of ether oxygens (including phenoxy) is 1. The molecule has 0 amide bonds. The highest BCUT2D eigenvalue weighted by molar-refractivity contribution is 5.99. The van der Waals surface area contributed by atoms with Gasteiger partial charge in [-0.2, -0.15) is 0 Å². The van der Waals surface area contributed by atoms with E-state index in [-0.39, 0.29) is 11.8 Å². The van der Waals surface area contributed by atoms with Gasteiger partial charge in [0, 0.05) is 0 Å². The first-order valence-corrected chi connectivity index (χ1v) is 9.46. The van der Waals surface area contributed by atoms with E-state index in [0.29, 0.717) is 12.2 Å². The quantitative estimate of drug-likeness (QED) is 0.370. The maximum absolute atomic E-state index is 13.5. The average Bonchev–Trinajstić information content (AvgIpc) is 2.74. The summed E-state index contributed by atoms with van der Waals surface area (Å²) in [5.41, 5.74) is 5.78. The van der Waals surface area contributed by atoms with E-state index < -0.39 is 0 Å². The molecule has 0 aliphatic carbocycles. The van der Waals surface area contributed by atoms with Gasteiger partial charge in [0.1, 0.15) is 5.82 Å². The first kappa shape index (κ1) is 19.6. The monoisotopic (exact) mass is 374 g/mol. The van der Waals surface area contributed by atoms with Gasteiger partial charge in [-0.05, 0) is 65.4 Å². The van der Waals surface area contributed by atoms with E-state index in [0.717, 1.165) is 34.3 Å². The van der Waals surface area contributed by atoms with E-state index in [1.807, 2.05) is 30.3 Å². The van der Waals surface area contributed by atoms with Crippen LogP contribution >= 0.6 is 0 Å². The van der Waals surface area contributed by atoms with Gasteiger partial charge in [-0.15, -0.1) is 0 Å². The third kappa shape index (κ3) is 4.37. The van der Waals surface area contributed by atoms with Gasteiger partial charge < -0.3 is 4.74 Å². The summed E-state index contributed by atoms with van der Waals surface area (Å²) in [5, 5.41) is 0. The van der Waals surface area contributed by atoms with E-state index >= 15 is 0 Å². The Morgan fingerprint density at radius 3 is 1.86 bits per heavy atom. The Kier molecular flexibility index (Phi) is 6.38. The van der Waals surface area contributed by atoms with Crippen LogP contribution < -0.4 is 0 Å². The molecule has 0 heterocycles. The number of hydrogen-bond donors (Lipinski definition) is 0. The first-order valence-electron chi connectivity index (χ1n) is 9.46. The molecule has 142 valence electrons. The maximum atomic E-state index is 13.5. The van der Waals surface area contributed by atoms with Gasteiger partial charge >= 0.3 is 5.97 Å². The lowest BCUT2D eigenvalue weighted by Crippen LogP contribution is -2.04. The third-order valence-corrected chi connectivity index (χ3v) is 4.60. The van der Waals surface area contributed by atoms with Crippen LogP contribution in [0.1, 0.15) is 47.3 Å². The molecule has 0 unspecified atom stereocenters. The third-order valence-electron chi connectivity index (χ3n) is 4.60. The van der Waals surface area contributed by atoms with Crippen molar-refractivity contribution in [2.75, 3.05) is 6.61 Å². The number of halogens is 1. The molecule has 0 radical (unpaired) electrons. The Morgan fingerprint density at radius 1 is 0.750 bits per heavy atom. The first-order chi connectivity index (χ1) is 13.6. The van der Waals surface area contributed by atoms with E-state index in [1.165, 1.54) is 12.1 Å². The largest absolute Gasteiger partial charge is 0.462 e. The highest BCUT2D eigenvalue weighted by Crippen LogP contribution is 2.34. The molecule has 0 saturated carbocycles. The lowest BCUT2D eigenvalue weighted by Gasteiger charge is -2.16. The highest BCUT2D eigenvalue weighted by atomic mass is 19.1. The Labute approximate surface area is 165 Å². The lowest BCUT2D eigenvalue weighted by molar-refractivity contribution is 0.0526. The molecule has 0 aromatic heterocycles. The fourth-order valence-corrected chi connectivity index (χ4v) is 3.28. The molecule has 3 heteroatoms. The van der Waals surface area contributed by atoms with Gasteiger partial charge in [0.25, 0.3) is 0 Å². The molecule has 3 aromatic carbocycles. The Hall–Kier alpha value is -3.20. The van der Waals surface area contributed by atoms with Crippen molar-refractivity contribution >= 4 is 17.1 Å². The van der Waals surface area contributed by atoms with Crippen molar-refractivity contribution in [3.05, 3.63) is 107 Å². The summed E-state index contributed by atoms with van der Waals surface area (Å²) in [4.78, 5) is 11.9. The predicted molar refractivity (Wildman–Crippen MR) is 111 cm³/mol. The van der Waals surface area contributed by atoms with E-state index in [4.69, 9.17) is 4.74 Å². The molecule has 0 spiro atoms. The minimum Gasteiger partial charge on any atom is -0.462 e. The second-order valence-electron chi connectivity index (χ2n) is 6.38. The molecule has 0 aliphatic rings. The molecule has 0 atom stereocenters. The highest BCUT2D eigenvalue weighted by Gasteiger charge is 2.14. The van der Waals surface area contributed by atoms with Gasteiger partial charge in [0.2, 0.25) is 0 Å². The zero-order valence-electron chi connectivity index (χ0n) is 16.1. The molecule has 0 bridgehead atoms. The van der Waals surface area contributed by atoms with E-state index in [9.17, 15) is 9.18 Å². The van der Waals surface area contributed by atoms with E-state index in [2.05, 4.69) is 19.1 Å². The predicted octanol–water partition coefficient (Wildman–Crippen LogP) is 6.37. The zero-order chi connectivity index (χ0) is 19.9. The molecule has 0 aliphatic heterocycles. The summed E-state index contributed by atoms with van der Waals surface area (Å²) in [6, 6.07) is 24.1. The Morgan fingerprint density at radius 2 is 1.29 bits per heavy atom. The van der Waals surface area contributed by atoms with Crippen molar-refractivity contribution in [1.29, 1.82) is 0 Å². The van der Waals surface area contributed by atoms with Crippen LogP contribution in [-0.2, 0) is 4.74 Å². The maximum Gasteiger partial charge on any atom is 0.338 e. The molecule has 0 N–H and O–H groups in total. The molecular weight excluding hydrogens is 351 g/mol. The Balaban J connectivity index is 2.13. The van der Waals surface area contributed by atoms with Crippen LogP contribution in [0.15, 0.2) is 78.9 Å². The number of hydrogen-bond acceptors (Lipinski definition) is 2. The number of esters is 1. The number of allylic oxidation sites excluding steroid dienone is 1. The topological polar surface area (TPSA) is 26.3 Å². The average molecular weight is 374 g/mol. The fourth-order valence-electron chi connectivity index (χ4n) is 3.28. The van der Waals surface area contributed by atoms with Crippen molar-refractivity contribution < 1.29 is 13.9 Å². The lowest BCUT2D eigenvalue weighted by atomic mass is 9.88. The second kappa shape index (κ2) is 9.14. The summed E-state index contributed by atoms with van der Waals surface area (Å²) >= 11 is 0. The molecule has 3 aromatic rings. The SMILES string of the molecule is CCOC(=O)c1ccc(/C(CC)=C(\c2ccccc2)c2ccc(F)cc2)cc1. The van der Waals surface area contributed by atoms with Crippen LogP contribution in [0.5, 0.6) is 0 Å². The standard InChI is InChI=1S/C25H23FO2/c1-3-23(18-10-12-21(13-11-18)25(27)28-4-2)24(19-8-6-5-7-9-19)20-14-16-22(26)17-15-20/h5-17H,3-4H2,1-2H3/b24-23+. The van der Waals surface area contributed by atoms with Crippen molar-refractivity contribution in [2.45, 2.75) is 20.3 Å². The summed E-state index contributed by atoms with van der Waals surface area (Å²) in [6.07, 6.45) is 0.792. The minimum atomic E-state index is -0.321. The van der Waals surface area contributed by atoms with Crippen LogP contribution in [0.4, 0.5) is 4.39 Å². The van der Waals surface area contributed by atoms with Gasteiger partial charge in [-0.25, -0.2) is 9.18 Å². The Bertz CT molecular complexity index is 956. The van der Waals surface area contributed by atoms with E-state index in [1.54, 1.807) is 31.2 Å². The second-order valence-corrected chi connectivity index (χ2v) is 6.38. The van der Waals surface area contributed by atoms with Crippen LogP contribution in [0.25, 0.3) is 11.1 Å². The number of rotatable bonds is 6. The van der Waals surface area contributed by atoms with Crippen LogP contribution in [0.2, 0.25) is 0 Å². The normalized spacial score (nSPS) is 11.7. The summed E-state index contributed by atoms with van der Waals surface area (Å²) in [7, 11) is 0.